The van der Waals surface area contributed by atoms with Crippen molar-refractivity contribution < 1.29 is 19.1 Å². The van der Waals surface area contributed by atoms with Crippen molar-refractivity contribution in [3.05, 3.63) is 42.7 Å². The summed E-state index contributed by atoms with van der Waals surface area (Å²) in [7, 11) is 3.10. The Morgan fingerprint density at radius 1 is 1.28 bits per heavy atom. The van der Waals surface area contributed by atoms with Gasteiger partial charge < -0.3 is 19.7 Å². The molecule has 0 radical (unpaired) electrons. The Balaban J connectivity index is 1.77. The van der Waals surface area contributed by atoms with Crippen LogP contribution in [-0.2, 0) is 9.59 Å². The van der Waals surface area contributed by atoms with Gasteiger partial charge in [0.1, 0.15) is 11.5 Å². The van der Waals surface area contributed by atoms with E-state index in [0.29, 0.717) is 22.9 Å². The van der Waals surface area contributed by atoms with Crippen LogP contribution >= 0.6 is 0 Å². The fourth-order valence-corrected chi connectivity index (χ4v) is 2.80. The second-order valence-electron chi connectivity index (χ2n) is 5.67. The van der Waals surface area contributed by atoms with E-state index in [0.717, 1.165) is 0 Å². The Bertz CT molecular complexity index is 779. The van der Waals surface area contributed by atoms with E-state index in [1.807, 2.05) is 0 Å². The molecular weight excluding hydrogens is 322 g/mol. The van der Waals surface area contributed by atoms with Gasteiger partial charge in [-0.3, -0.25) is 14.6 Å². The molecule has 0 spiro atoms. The number of benzene rings is 1. The number of nitrogens with zero attached hydrogens (tertiary/aromatic N) is 2. The average Bonchev–Trinajstić information content (AvgIpc) is 3.03. The molecule has 1 aliphatic rings. The van der Waals surface area contributed by atoms with E-state index in [4.69, 9.17) is 9.47 Å². The summed E-state index contributed by atoms with van der Waals surface area (Å²) >= 11 is 0. The van der Waals surface area contributed by atoms with Crippen LogP contribution in [0.4, 0.5) is 11.4 Å². The van der Waals surface area contributed by atoms with Gasteiger partial charge >= 0.3 is 0 Å². The zero-order valence-corrected chi connectivity index (χ0v) is 14.1. The van der Waals surface area contributed by atoms with Crippen molar-refractivity contribution in [1.82, 2.24) is 4.98 Å². The summed E-state index contributed by atoms with van der Waals surface area (Å²) in [4.78, 5) is 30.4. The van der Waals surface area contributed by atoms with Crippen molar-refractivity contribution in [3.63, 3.8) is 0 Å². The Kier molecular flexibility index (Phi) is 4.83. The molecule has 1 aliphatic heterocycles. The molecule has 2 heterocycles. The van der Waals surface area contributed by atoms with Crippen LogP contribution in [-0.4, -0.2) is 37.6 Å². The Labute approximate surface area is 145 Å². The highest BCUT2D eigenvalue weighted by atomic mass is 16.5. The highest BCUT2D eigenvalue weighted by Gasteiger charge is 2.36. The van der Waals surface area contributed by atoms with Crippen LogP contribution in [0.15, 0.2) is 42.7 Å². The first kappa shape index (κ1) is 16.8. The van der Waals surface area contributed by atoms with Gasteiger partial charge in [0.05, 0.1) is 37.7 Å². The Morgan fingerprint density at radius 3 is 2.80 bits per heavy atom. The van der Waals surface area contributed by atoms with Crippen LogP contribution in [0.1, 0.15) is 6.42 Å². The maximum absolute atomic E-state index is 12.4. The highest BCUT2D eigenvalue weighted by molar-refractivity contribution is 6.04. The van der Waals surface area contributed by atoms with Crippen molar-refractivity contribution in [2.75, 3.05) is 31.0 Å². The lowest BCUT2D eigenvalue weighted by molar-refractivity contribution is -0.122. The zero-order chi connectivity index (χ0) is 17.8. The van der Waals surface area contributed by atoms with Gasteiger partial charge in [0, 0.05) is 25.2 Å². The quantitative estimate of drug-likeness (QED) is 0.901. The summed E-state index contributed by atoms with van der Waals surface area (Å²) in [5.41, 5.74) is 1.21. The van der Waals surface area contributed by atoms with Gasteiger partial charge in [-0.15, -0.1) is 0 Å². The third-order valence-electron chi connectivity index (χ3n) is 4.10. The summed E-state index contributed by atoms with van der Waals surface area (Å²) in [5.74, 6) is 0.404. The van der Waals surface area contributed by atoms with Crippen molar-refractivity contribution in [1.29, 1.82) is 0 Å². The van der Waals surface area contributed by atoms with Crippen molar-refractivity contribution in [2.45, 2.75) is 6.42 Å². The molecule has 1 atom stereocenters. The highest BCUT2D eigenvalue weighted by Crippen LogP contribution is 2.36. The molecule has 1 aromatic heterocycles. The number of anilines is 2. The molecule has 7 nitrogen and oxygen atoms in total. The van der Waals surface area contributed by atoms with E-state index < -0.39 is 5.92 Å². The molecule has 1 fully saturated rings. The lowest BCUT2D eigenvalue weighted by atomic mass is 10.1. The van der Waals surface area contributed by atoms with Crippen LogP contribution < -0.4 is 19.7 Å². The number of methoxy groups -OCH3 is 2. The molecule has 2 amide bonds. The SMILES string of the molecule is COc1ccc(OC)c(N2C[C@@H](C(=O)Nc3cccnc3)CC2=O)c1. The summed E-state index contributed by atoms with van der Waals surface area (Å²) < 4.78 is 10.6. The smallest absolute Gasteiger partial charge is 0.229 e. The van der Waals surface area contributed by atoms with E-state index in [2.05, 4.69) is 10.3 Å². The maximum Gasteiger partial charge on any atom is 0.229 e. The third kappa shape index (κ3) is 3.55. The summed E-state index contributed by atoms with van der Waals surface area (Å²) in [6.45, 7) is 0.286. The summed E-state index contributed by atoms with van der Waals surface area (Å²) in [6.07, 6.45) is 3.34. The van der Waals surface area contributed by atoms with E-state index in [1.165, 1.54) is 0 Å². The second kappa shape index (κ2) is 7.21. The van der Waals surface area contributed by atoms with Gasteiger partial charge in [-0.2, -0.15) is 0 Å². The number of hydrogen-bond acceptors (Lipinski definition) is 5. The second-order valence-corrected chi connectivity index (χ2v) is 5.67. The van der Waals surface area contributed by atoms with E-state index in [1.54, 1.807) is 61.8 Å². The molecule has 0 aliphatic carbocycles. The monoisotopic (exact) mass is 341 g/mol. The standard InChI is InChI=1S/C18H19N3O4/c1-24-14-5-6-16(25-2)15(9-14)21-11-12(8-17(21)22)18(23)20-13-4-3-7-19-10-13/h3-7,9-10,12H,8,11H2,1-2H3,(H,20,23)/t12-/m0/s1. The lowest BCUT2D eigenvalue weighted by Gasteiger charge is -2.20. The molecule has 1 saturated heterocycles. The lowest BCUT2D eigenvalue weighted by Crippen LogP contribution is -2.28. The molecule has 0 bridgehead atoms. The van der Waals surface area contributed by atoms with Gasteiger partial charge in [0.15, 0.2) is 0 Å². The first-order chi connectivity index (χ1) is 12.1. The molecule has 3 rings (SSSR count). The number of ether oxygens (including phenoxy) is 2. The molecule has 130 valence electrons. The number of amides is 2. The molecule has 1 aromatic carbocycles. The fourth-order valence-electron chi connectivity index (χ4n) is 2.80. The third-order valence-corrected chi connectivity index (χ3v) is 4.10. The molecule has 2 aromatic rings. The predicted molar refractivity (Wildman–Crippen MR) is 92.9 cm³/mol. The van der Waals surface area contributed by atoms with Crippen LogP contribution in [0, 0.1) is 5.92 Å². The van der Waals surface area contributed by atoms with Gasteiger partial charge in [-0.25, -0.2) is 0 Å². The van der Waals surface area contributed by atoms with E-state index >= 15 is 0 Å². The topological polar surface area (TPSA) is 80.8 Å². The first-order valence-electron chi connectivity index (χ1n) is 7.85. The number of pyridine rings is 1. The van der Waals surface area contributed by atoms with Gasteiger partial charge in [-0.05, 0) is 24.3 Å². The minimum atomic E-state index is -0.441. The molecule has 1 N–H and O–H groups in total. The Morgan fingerprint density at radius 2 is 2.12 bits per heavy atom. The van der Waals surface area contributed by atoms with E-state index in [-0.39, 0.29) is 24.8 Å². The molecular formula is C18H19N3O4. The molecule has 0 unspecified atom stereocenters. The summed E-state index contributed by atoms with van der Waals surface area (Å²) in [5, 5.41) is 2.79. The predicted octanol–water partition coefficient (Wildman–Crippen LogP) is 2.09. The van der Waals surface area contributed by atoms with Gasteiger partial charge in [0.2, 0.25) is 11.8 Å². The number of nitrogens with one attached hydrogen (secondary N) is 1. The minimum Gasteiger partial charge on any atom is -0.497 e. The Hall–Kier alpha value is -3.09. The van der Waals surface area contributed by atoms with Crippen molar-refractivity contribution >= 4 is 23.2 Å². The van der Waals surface area contributed by atoms with Crippen LogP contribution in [0.5, 0.6) is 11.5 Å². The average molecular weight is 341 g/mol. The zero-order valence-electron chi connectivity index (χ0n) is 14.1. The number of aromatic nitrogens is 1. The minimum absolute atomic E-state index is 0.127. The van der Waals surface area contributed by atoms with Crippen molar-refractivity contribution in [3.8, 4) is 11.5 Å². The molecule has 7 heteroatoms. The molecule has 0 saturated carbocycles. The first-order valence-corrected chi connectivity index (χ1v) is 7.85. The number of rotatable bonds is 5. The van der Waals surface area contributed by atoms with E-state index in [9.17, 15) is 9.59 Å². The van der Waals surface area contributed by atoms with Gasteiger partial charge in [-0.1, -0.05) is 0 Å². The normalized spacial score (nSPS) is 16.6. The number of hydrogen-bond donors (Lipinski definition) is 1. The van der Waals surface area contributed by atoms with Crippen LogP contribution in [0.2, 0.25) is 0 Å². The number of carbonyl (C=O) groups excluding carboxylic acids is 2. The van der Waals surface area contributed by atoms with Gasteiger partial charge in [0.25, 0.3) is 0 Å². The van der Waals surface area contributed by atoms with Crippen molar-refractivity contribution in [2.24, 2.45) is 5.92 Å². The fraction of sp³-hybridized carbons (Fsp3) is 0.278. The van der Waals surface area contributed by atoms with Crippen LogP contribution in [0.25, 0.3) is 0 Å². The number of carbonyl (C=O) groups is 2. The maximum atomic E-state index is 12.4. The summed E-state index contributed by atoms with van der Waals surface area (Å²) in [6, 6.07) is 8.73. The van der Waals surface area contributed by atoms with Crippen LogP contribution in [0.3, 0.4) is 0 Å². The largest absolute Gasteiger partial charge is 0.497 e. The molecule has 25 heavy (non-hydrogen) atoms.